The van der Waals surface area contributed by atoms with Gasteiger partial charge in [0, 0.05) is 15.7 Å². The summed E-state index contributed by atoms with van der Waals surface area (Å²) in [7, 11) is 0. The Kier molecular flexibility index (Phi) is 3.88. The van der Waals surface area contributed by atoms with Crippen molar-refractivity contribution in [3.05, 3.63) is 28.5 Å². The molecule has 3 aromatic heterocycles. The van der Waals surface area contributed by atoms with Crippen LogP contribution in [0.4, 0.5) is 0 Å². The fourth-order valence-corrected chi connectivity index (χ4v) is 5.18. The predicted molar refractivity (Wildman–Crippen MR) is 96.7 cm³/mol. The van der Waals surface area contributed by atoms with Crippen molar-refractivity contribution in [3.8, 4) is 0 Å². The van der Waals surface area contributed by atoms with E-state index in [1.54, 1.807) is 18.1 Å². The van der Waals surface area contributed by atoms with Gasteiger partial charge in [0.25, 0.3) is 0 Å². The van der Waals surface area contributed by atoms with Crippen molar-refractivity contribution in [2.75, 3.05) is 0 Å². The number of aromatic nitrogens is 4. The van der Waals surface area contributed by atoms with Gasteiger partial charge < -0.3 is 4.52 Å². The smallest absolute Gasteiger partial charge is 0.239 e. The molecule has 0 bridgehead atoms. The molecule has 0 amide bonds. The Morgan fingerprint density at radius 1 is 1.25 bits per heavy atom. The molecule has 0 unspecified atom stereocenters. The Morgan fingerprint density at radius 2 is 2.08 bits per heavy atom. The summed E-state index contributed by atoms with van der Waals surface area (Å²) < 4.78 is 5.49. The zero-order valence-electron chi connectivity index (χ0n) is 14.3. The Balaban J connectivity index is 1.66. The predicted octanol–water partition coefficient (Wildman–Crippen LogP) is 4.71. The molecule has 0 fully saturated rings. The van der Waals surface area contributed by atoms with Gasteiger partial charge in [-0.3, -0.25) is 0 Å². The normalized spacial score (nSPS) is 15.8. The van der Waals surface area contributed by atoms with Gasteiger partial charge in [-0.2, -0.15) is 4.98 Å². The van der Waals surface area contributed by atoms with Crippen LogP contribution in [0.3, 0.4) is 0 Å². The first-order chi connectivity index (χ1) is 11.4. The summed E-state index contributed by atoms with van der Waals surface area (Å²) in [5.41, 5.74) is 1.34. The number of rotatable bonds is 3. The molecule has 0 aliphatic heterocycles. The number of hydrogen-bond donors (Lipinski definition) is 0. The van der Waals surface area contributed by atoms with E-state index in [1.807, 2.05) is 11.3 Å². The van der Waals surface area contributed by atoms with Gasteiger partial charge in [0.1, 0.15) is 16.2 Å². The Morgan fingerprint density at radius 3 is 2.83 bits per heavy atom. The van der Waals surface area contributed by atoms with Crippen LogP contribution in [0.1, 0.15) is 61.5 Å². The highest BCUT2D eigenvalue weighted by atomic mass is 32.2. The first-order valence-corrected chi connectivity index (χ1v) is 9.89. The first-order valence-electron chi connectivity index (χ1n) is 8.19. The maximum absolute atomic E-state index is 5.49. The van der Waals surface area contributed by atoms with E-state index in [-0.39, 0.29) is 10.7 Å². The van der Waals surface area contributed by atoms with Crippen molar-refractivity contribution >= 4 is 33.3 Å². The third-order valence-electron chi connectivity index (χ3n) is 4.22. The molecule has 1 aliphatic carbocycles. The average molecular weight is 361 g/mol. The van der Waals surface area contributed by atoms with Gasteiger partial charge in [-0.05, 0) is 31.7 Å². The topological polar surface area (TPSA) is 64.7 Å². The molecular formula is C17H20N4OS2. The third kappa shape index (κ3) is 2.73. The van der Waals surface area contributed by atoms with E-state index in [0.717, 1.165) is 22.1 Å². The molecule has 0 saturated heterocycles. The largest absolute Gasteiger partial charge is 0.338 e. The molecule has 0 N–H and O–H groups in total. The molecule has 0 aromatic carbocycles. The van der Waals surface area contributed by atoms with Crippen LogP contribution in [-0.2, 0) is 18.3 Å². The van der Waals surface area contributed by atoms with Crippen molar-refractivity contribution in [1.29, 1.82) is 0 Å². The number of aryl methyl sites for hydroxylation is 2. The molecule has 0 saturated carbocycles. The van der Waals surface area contributed by atoms with E-state index in [4.69, 9.17) is 4.52 Å². The highest BCUT2D eigenvalue weighted by Gasteiger charge is 2.26. The van der Waals surface area contributed by atoms with Gasteiger partial charge in [0.05, 0.1) is 5.25 Å². The van der Waals surface area contributed by atoms with Crippen LogP contribution in [0, 0.1) is 0 Å². The van der Waals surface area contributed by atoms with E-state index >= 15 is 0 Å². The molecule has 1 aliphatic rings. The van der Waals surface area contributed by atoms with E-state index in [1.165, 1.54) is 28.7 Å². The van der Waals surface area contributed by atoms with Gasteiger partial charge in [-0.1, -0.05) is 37.7 Å². The summed E-state index contributed by atoms with van der Waals surface area (Å²) >= 11 is 3.50. The number of thioether (sulfide) groups is 1. The highest BCUT2D eigenvalue weighted by molar-refractivity contribution is 7.99. The molecule has 1 atom stereocenters. The minimum atomic E-state index is -0.109. The first kappa shape index (κ1) is 16.0. The monoisotopic (exact) mass is 360 g/mol. The van der Waals surface area contributed by atoms with Gasteiger partial charge in [-0.25, -0.2) is 9.97 Å². The number of thiophene rings is 1. The van der Waals surface area contributed by atoms with Crippen molar-refractivity contribution in [2.24, 2.45) is 0 Å². The third-order valence-corrected chi connectivity index (χ3v) is 6.50. The lowest BCUT2D eigenvalue weighted by atomic mass is 9.96. The minimum absolute atomic E-state index is 0.0589. The van der Waals surface area contributed by atoms with Crippen LogP contribution >= 0.6 is 23.1 Å². The summed E-state index contributed by atoms with van der Waals surface area (Å²) in [6.45, 7) is 8.34. The fraction of sp³-hybridized carbons (Fsp3) is 0.529. The molecular weight excluding hydrogens is 340 g/mol. The van der Waals surface area contributed by atoms with E-state index < -0.39 is 0 Å². The maximum atomic E-state index is 5.49. The van der Waals surface area contributed by atoms with Crippen LogP contribution in [0.25, 0.3) is 10.2 Å². The summed E-state index contributed by atoms with van der Waals surface area (Å²) in [6.07, 6.45) is 5.22. The van der Waals surface area contributed by atoms with E-state index in [2.05, 4.69) is 47.8 Å². The van der Waals surface area contributed by atoms with Crippen LogP contribution in [0.5, 0.6) is 0 Å². The fourth-order valence-electron chi connectivity index (χ4n) is 2.91. The quantitative estimate of drug-likeness (QED) is 0.498. The molecule has 126 valence electrons. The average Bonchev–Trinajstić information content (AvgIpc) is 3.21. The lowest BCUT2D eigenvalue weighted by Gasteiger charge is -2.11. The van der Waals surface area contributed by atoms with Crippen LogP contribution in [0.15, 0.2) is 15.9 Å². The Labute approximate surface area is 149 Å². The molecule has 3 heterocycles. The van der Waals surface area contributed by atoms with Gasteiger partial charge in [-0.15, -0.1) is 11.3 Å². The summed E-state index contributed by atoms with van der Waals surface area (Å²) in [5, 5.41) is 6.46. The second-order valence-electron chi connectivity index (χ2n) is 7.18. The zero-order chi connectivity index (χ0) is 16.9. The minimum Gasteiger partial charge on any atom is -0.338 e. The summed E-state index contributed by atoms with van der Waals surface area (Å²) in [6, 6.07) is 0. The second-order valence-corrected chi connectivity index (χ2v) is 9.60. The number of nitrogens with zero attached hydrogens (tertiary/aromatic N) is 4. The van der Waals surface area contributed by atoms with E-state index in [0.29, 0.717) is 5.89 Å². The second kappa shape index (κ2) is 5.81. The molecule has 0 radical (unpaired) electrons. The van der Waals surface area contributed by atoms with Crippen LogP contribution in [-0.4, -0.2) is 20.1 Å². The molecule has 0 spiro atoms. The molecule has 7 heteroatoms. The number of fused-ring (bicyclic) bond motifs is 3. The standard InChI is InChI=1S/C17H20N4OS2/c1-9(13-20-16(21-22-13)17(2,3)4)23-14-12-10-6-5-7-11(10)24-15(12)19-8-18-14/h8-9H,5-7H2,1-4H3/t9-/m1/s1. The van der Waals surface area contributed by atoms with Crippen molar-refractivity contribution < 1.29 is 4.52 Å². The Bertz CT molecular complexity index is 894. The van der Waals surface area contributed by atoms with E-state index in [9.17, 15) is 0 Å². The van der Waals surface area contributed by atoms with Crippen molar-refractivity contribution in [3.63, 3.8) is 0 Å². The summed E-state index contributed by atoms with van der Waals surface area (Å²) in [5.74, 6) is 1.40. The molecule has 3 aromatic rings. The SMILES string of the molecule is C[C@@H](Sc1ncnc2sc3c(c12)CCC3)c1nc(C(C)(C)C)no1. The Hall–Kier alpha value is -1.47. The number of hydrogen-bond acceptors (Lipinski definition) is 7. The van der Waals surface area contributed by atoms with Crippen LogP contribution in [0.2, 0.25) is 0 Å². The molecule has 4 rings (SSSR count). The summed E-state index contributed by atoms with van der Waals surface area (Å²) in [4.78, 5) is 16.2. The molecule has 5 nitrogen and oxygen atoms in total. The highest BCUT2D eigenvalue weighted by Crippen LogP contribution is 2.43. The van der Waals surface area contributed by atoms with Crippen LogP contribution < -0.4 is 0 Å². The lowest BCUT2D eigenvalue weighted by molar-refractivity contribution is 0.364. The maximum Gasteiger partial charge on any atom is 0.239 e. The molecule has 24 heavy (non-hydrogen) atoms. The lowest BCUT2D eigenvalue weighted by Crippen LogP contribution is -2.13. The van der Waals surface area contributed by atoms with Gasteiger partial charge in [0.2, 0.25) is 5.89 Å². The van der Waals surface area contributed by atoms with Crippen molar-refractivity contribution in [2.45, 2.75) is 62.6 Å². The van der Waals surface area contributed by atoms with Gasteiger partial charge in [0.15, 0.2) is 5.82 Å². The van der Waals surface area contributed by atoms with Gasteiger partial charge >= 0.3 is 0 Å². The van der Waals surface area contributed by atoms with Crippen molar-refractivity contribution in [1.82, 2.24) is 20.1 Å². The zero-order valence-corrected chi connectivity index (χ0v) is 15.9.